The number of rotatable bonds is 7. The number of para-hydroxylation sites is 5. The Bertz CT molecular complexity index is 4460. The maximum Gasteiger partial charge on any atom is 0.135 e. The smallest absolute Gasteiger partial charge is 0.135 e. The molecule has 0 N–H and O–H groups in total. The lowest BCUT2D eigenvalue weighted by atomic mass is 9.99. The fraction of sp³-hybridized carbons (Fsp3) is 0. The van der Waals surface area contributed by atoms with Crippen molar-refractivity contribution in [3.05, 3.63) is 249 Å². The molecule has 0 amide bonds. The van der Waals surface area contributed by atoms with Crippen LogP contribution in [0, 0.1) is 0 Å². The fourth-order valence-corrected chi connectivity index (χ4v) is 11.2. The third-order valence-corrected chi connectivity index (χ3v) is 14.5. The molecule has 15 rings (SSSR count). The fourth-order valence-electron chi connectivity index (χ4n) is 11.2. The molecule has 11 aromatic carbocycles. The van der Waals surface area contributed by atoms with Crippen molar-refractivity contribution < 1.29 is 8.83 Å². The largest absolute Gasteiger partial charge is 0.456 e. The summed E-state index contributed by atoms with van der Waals surface area (Å²) in [4.78, 5) is 2.33. The van der Waals surface area contributed by atoms with E-state index in [9.17, 15) is 0 Å². The van der Waals surface area contributed by atoms with E-state index in [1.807, 2.05) is 24.3 Å². The molecule has 0 atom stereocenters. The minimum atomic E-state index is 0.867. The van der Waals surface area contributed by atoms with Crippen molar-refractivity contribution in [3.63, 3.8) is 0 Å². The van der Waals surface area contributed by atoms with Crippen molar-refractivity contribution in [2.24, 2.45) is 0 Å². The Morgan fingerprint density at radius 2 is 0.606 bits per heavy atom. The molecule has 5 nitrogen and oxygen atoms in total. The van der Waals surface area contributed by atoms with Gasteiger partial charge < -0.3 is 22.9 Å². The first-order valence-corrected chi connectivity index (χ1v) is 24.1. The molecule has 4 aromatic heterocycles. The van der Waals surface area contributed by atoms with Gasteiger partial charge in [0.15, 0.2) is 0 Å². The predicted octanol–water partition coefficient (Wildman–Crippen LogP) is 18.5. The predicted molar refractivity (Wildman–Crippen MR) is 295 cm³/mol. The molecule has 0 bridgehead atoms. The van der Waals surface area contributed by atoms with E-state index in [1.165, 1.54) is 54.7 Å². The van der Waals surface area contributed by atoms with Crippen LogP contribution in [0.1, 0.15) is 0 Å². The van der Waals surface area contributed by atoms with Crippen LogP contribution in [0.15, 0.2) is 258 Å². The van der Waals surface area contributed by atoms with E-state index < -0.39 is 0 Å². The van der Waals surface area contributed by atoms with E-state index in [0.717, 1.165) is 83.4 Å². The standard InChI is InChI=1S/C66H41N3O2/c1-3-13-46(14-4-1)68-59-20-10-7-17-51(59)54-38-44(26-33-60(54)68)45-27-34-62-56(39-45)55-37-43(25-32-61(55)69(62)47-15-5-2-6-16-47)42-23-28-48(29-24-42)67(49-30-35-65-57(40-49)52-18-8-11-21-63(52)70-65)50-31-36-66-58(41-50)53-19-9-12-22-64(53)71-66/h1-41H. The van der Waals surface area contributed by atoms with Crippen LogP contribution in [-0.4, -0.2) is 9.13 Å². The molecule has 0 unspecified atom stereocenters. The summed E-state index contributed by atoms with van der Waals surface area (Å²) in [5, 5.41) is 9.26. The van der Waals surface area contributed by atoms with E-state index in [4.69, 9.17) is 8.83 Å². The normalized spacial score (nSPS) is 11.9. The number of hydrogen-bond donors (Lipinski definition) is 0. The molecule has 15 aromatic rings. The van der Waals surface area contributed by atoms with Crippen LogP contribution in [0.2, 0.25) is 0 Å². The van der Waals surface area contributed by atoms with E-state index in [-0.39, 0.29) is 0 Å². The summed E-state index contributed by atoms with van der Waals surface area (Å²) in [5.41, 5.74) is 18.3. The molecule has 0 aliphatic rings. The highest BCUT2D eigenvalue weighted by Gasteiger charge is 2.20. The van der Waals surface area contributed by atoms with Gasteiger partial charge in [0.25, 0.3) is 0 Å². The van der Waals surface area contributed by atoms with Crippen LogP contribution in [0.25, 0.3) is 121 Å². The van der Waals surface area contributed by atoms with Gasteiger partial charge in [0.1, 0.15) is 22.3 Å². The molecule has 5 heteroatoms. The third kappa shape index (κ3) is 6.20. The van der Waals surface area contributed by atoms with Crippen molar-refractivity contribution >= 4 is 105 Å². The molecule has 0 aliphatic heterocycles. The number of benzene rings is 11. The summed E-state index contributed by atoms with van der Waals surface area (Å²) in [6.07, 6.45) is 0. The lowest BCUT2D eigenvalue weighted by Crippen LogP contribution is -2.09. The minimum Gasteiger partial charge on any atom is -0.456 e. The molecule has 71 heavy (non-hydrogen) atoms. The lowest BCUT2D eigenvalue weighted by Gasteiger charge is -2.26. The highest BCUT2D eigenvalue weighted by Crippen LogP contribution is 2.43. The van der Waals surface area contributed by atoms with Crippen LogP contribution in [0.3, 0.4) is 0 Å². The van der Waals surface area contributed by atoms with Crippen molar-refractivity contribution in [2.45, 2.75) is 0 Å². The zero-order valence-electron chi connectivity index (χ0n) is 38.3. The number of fused-ring (bicyclic) bond motifs is 12. The Balaban J connectivity index is 0.864. The molecular weight excluding hydrogens is 867 g/mol. The Hall–Kier alpha value is -9.58. The van der Waals surface area contributed by atoms with Gasteiger partial charge in [-0.2, -0.15) is 0 Å². The van der Waals surface area contributed by atoms with E-state index in [0.29, 0.717) is 0 Å². The minimum absolute atomic E-state index is 0.867. The zero-order chi connectivity index (χ0) is 46.6. The Kier molecular flexibility index (Phi) is 8.59. The molecule has 332 valence electrons. The highest BCUT2D eigenvalue weighted by molar-refractivity contribution is 6.14. The van der Waals surface area contributed by atoms with E-state index in [1.54, 1.807) is 0 Å². The maximum absolute atomic E-state index is 6.28. The van der Waals surface area contributed by atoms with Gasteiger partial charge in [-0.15, -0.1) is 0 Å². The number of aromatic nitrogens is 2. The second-order valence-corrected chi connectivity index (χ2v) is 18.5. The molecule has 0 radical (unpaired) electrons. The summed E-state index contributed by atoms with van der Waals surface area (Å²) < 4.78 is 17.3. The first-order valence-electron chi connectivity index (χ1n) is 24.1. The van der Waals surface area contributed by atoms with Crippen LogP contribution in [-0.2, 0) is 0 Å². The average Bonchev–Trinajstić information content (AvgIpc) is 4.19. The van der Waals surface area contributed by atoms with Gasteiger partial charge >= 0.3 is 0 Å². The second kappa shape index (κ2) is 15.5. The van der Waals surface area contributed by atoms with Crippen molar-refractivity contribution in [2.75, 3.05) is 4.90 Å². The quantitative estimate of drug-likeness (QED) is 0.160. The number of furan rings is 2. The third-order valence-electron chi connectivity index (χ3n) is 14.5. The maximum atomic E-state index is 6.28. The highest BCUT2D eigenvalue weighted by atomic mass is 16.3. The van der Waals surface area contributed by atoms with Crippen LogP contribution < -0.4 is 4.90 Å². The average molecular weight is 908 g/mol. The van der Waals surface area contributed by atoms with Crippen molar-refractivity contribution in [1.29, 1.82) is 0 Å². The SMILES string of the molecule is c1ccc(-n2c3ccccc3c3cc(-c4ccc5c(c4)c4cc(-c6ccc(N(c7ccc8oc9ccccc9c8c7)c7ccc8oc9ccccc9c8c7)cc6)ccc4n5-c4ccccc4)ccc32)cc1. The van der Waals surface area contributed by atoms with Crippen molar-refractivity contribution in [1.82, 2.24) is 9.13 Å². The molecular formula is C66H41N3O2. The van der Waals surface area contributed by atoms with Crippen molar-refractivity contribution in [3.8, 4) is 33.6 Å². The Labute approximate surface area is 407 Å². The van der Waals surface area contributed by atoms with Crippen LogP contribution in [0.4, 0.5) is 17.1 Å². The molecule has 0 saturated carbocycles. The van der Waals surface area contributed by atoms with Gasteiger partial charge in [0, 0.05) is 71.5 Å². The van der Waals surface area contributed by atoms with E-state index >= 15 is 0 Å². The molecule has 0 spiro atoms. The topological polar surface area (TPSA) is 39.4 Å². The van der Waals surface area contributed by atoms with Gasteiger partial charge in [-0.05, 0) is 150 Å². The van der Waals surface area contributed by atoms with E-state index in [2.05, 4.69) is 238 Å². The number of nitrogens with zero attached hydrogens (tertiary/aromatic N) is 3. The summed E-state index contributed by atoms with van der Waals surface area (Å²) in [6, 6.07) is 89.4. The van der Waals surface area contributed by atoms with Gasteiger partial charge in [-0.25, -0.2) is 0 Å². The number of anilines is 3. The molecule has 0 fully saturated rings. The summed E-state index contributed by atoms with van der Waals surface area (Å²) in [6.45, 7) is 0. The van der Waals surface area contributed by atoms with Gasteiger partial charge in [-0.3, -0.25) is 0 Å². The molecule has 0 saturated heterocycles. The lowest BCUT2D eigenvalue weighted by molar-refractivity contribution is 0.668. The summed E-state index contributed by atoms with van der Waals surface area (Å²) in [7, 11) is 0. The zero-order valence-corrected chi connectivity index (χ0v) is 38.3. The first-order chi connectivity index (χ1) is 35.2. The van der Waals surface area contributed by atoms with Crippen LogP contribution >= 0.6 is 0 Å². The van der Waals surface area contributed by atoms with Gasteiger partial charge in [0.05, 0.1) is 22.1 Å². The molecule has 4 heterocycles. The second-order valence-electron chi connectivity index (χ2n) is 18.5. The van der Waals surface area contributed by atoms with Crippen LogP contribution in [0.5, 0.6) is 0 Å². The first kappa shape index (κ1) is 39.4. The van der Waals surface area contributed by atoms with Gasteiger partial charge in [-0.1, -0.05) is 121 Å². The monoisotopic (exact) mass is 907 g/mol. The Morgan fingerprint density at radius 1 is 0.239 bits per heavy atom. The molecule has 0 aliphatic carbocycles. The summed E-state index contributed by atoms with van der Waals surface area (Å²) >= 11 is 0. The summed E-state index contributed by atoms with van der Waals surface area (Å²) in [5.74, 6) is 0. The van der Waals surface area contributed by atoms with Gasteiger partial charge in [0.2, 0.25) is 0 Å². The number of hydrogen-bond acceptors (Lipinski definition) is 3. The Morgan fingerprint density at radius 3 is 1.11 bits per heavy atom.